The van der Waals surface area contributed by atoms with Crippen molar-refractivity contribution in [2.75, 3.05) is 13.7 Å². The van der Waals surface area contributed by atoms with Gasteiger partial charge in [-0.25, -0.2) is 4.39 Å². The summed E-state index contributed by atoms with van der Waals surface area (Å²) in [6, 6.07) is 2.80. The standard InChI is InChI=1S/C10H10FNO2/c1-14-8-3-2-7(11)9-6(8)4-5-12-10(9)13/h2-3H,4-5H2,1H3,(H,12,13). The van der Waals surface area contributed by atoms with Gasteiger partial charge in [0, 0.05) is 12.1 Å². The summed E-state index contributed by atoms with van der Waals surface area (Å²) in [7, 11) is 1.51. The van der Waals surface area contributed by atoms with Crippen molar-refractivity contribution in [2.45, 2.75) is 6.42 Å². The summed E-state index contributed by atoms with van der Waals surface area (Å²) >= 11 is 0. The first-order chi connectivity index (χ1) is 6.74. The number of carbonyl (C=O) groups excluding carboxylic acids is 1. The van der Waals surface area contributed by atoms with Gasteiger partial charge in [0.2, 0.25) is 0 Å². The van der Waals surface area contributed by atoms with Gasteiger partial charge in [-0.1, -0.05) is 0 Å². The molecule has 0 saturated carbocycles. The second-order valence-corrected chi connectivity index (χ2v) is 3.11. The van der Waals surface area contributed by atoms with E-state index < -0.39 is 5.82 Å². The second kappa shape index (κ2) is 3.29. The van der Waals surface area contributed by atoms with Crippen LogP contribution in [0, 0.1) is 5.82 Å². The van der Waals surface area contributed by atoms with Crippen LogP contribution in [0.4, 0.5) is 4.39 Å². The molecule has 1 amide bonds. The highest BCUT2D eigenvalue weighted by atomic mass is 19.1. The SMILES string of the molecule is COc1ccc(F)c2c1CCNC2=O. The molecule has 1 aromatic rings. The average molecular weight is 195 g/mol. The summed E-state index contributed by atoms with van der Waals surface area (Å²) in [6.45, 7) is 0.533. The third-order valence-corrected chi connectivity index (χ3v) is 2.33. The van der Waals surface area contributed by atoms with Crippen molar-refractivity contribution in [3.05, 3.63) is 29.1 Å². The summed E-state index contributed by atoms with van der Waals surface area (Å²) in [5, 5.41) is 2.60. The first-order valence-electron chi connectivity index (χ1n) is 4.37. The number of amides is 1. The largest absolute Gasteiger partial charge is 0.496 e. The molecule has 3 nitrogen and oxygen atoms in total. The molecule has 1 N–H and O–H groups in total. The summed E-state index contributed by atoms with van der Waals surface area (Å²) in [5.41, 5.74) is 0.784. The molecule has 2 rings (SSSR count). The van der Waals surface area contributed by atoms with E-state index in [2.05, 4.69) is 5.32 Å². The minimum Gasteiger partial charge on any atom is -0.496 e. The minimum absolute atomic E-state index is 0.121. The maximum atomic E-state index is 13.3. The molecule has 4 heteroatoms. The summed E-state index contributed by atoms with van der Waals surface area (Å²) in [5.74, 6) is -0.267. The number of halogens is 1. The Morgan fingerprint density at radius 1 is 1.50 bits per heavy atom. The van der Waals surface area contributed by atoms with Crippen molar-refractivity contribution in [3.63, 3.8) is 0 Å². The van der Waals surface area contributed by atoms with Crippen molar-refractivity contribution >= 4 is 5.91 Å². The number of hydrogen-bond donors (Lipinski definition) is 1. The lowest BCUT2D eigenvalue weighted by Gasteiger charge is -2.19. The summed E-state index contributed by atoms with van der Waals surface area (Å²) in [6.07, 6.45) is 0.613. The number of methoxy groups -OCH3 is 1. The molecule has 0 radical (unpaired) electrons. The first kappa shape index (κ1) is 8.99. The zero-order chi connectivity index (χ0) is 10.1. The average Bonchev–Trinajstić information content (AvgIpc) is 2.18. The van der Waals surface area contributed by atoms with Crippen LogP contribution in [0.2, 0.25) is 0 Å². The molecule has 0 bridgehead atoms. The molecule has 0 fully saturated rings. The predicted octanol–water partition coefficient (Wildman–Crippen LogP) is 1.12. The monoisotopic (exact) mass is 195 g/mol. The molecule has 1 aliphatic heterocycles. The van der Waals surface area contributed by atoms with E-state index in [1.165, 1.54) is 13.2 Å². The van der Waals surface area contributed by atoms with Gasteiger partial charge in [0.15, 0.2) is 0 Å². The molecule has 1 aliphatic rings. The maximum absolute atomic E-state index is 13.3. The van der Waals surface area contributed by atoms with Crippen molar-refractivity contribution < 1.29 is 13.9 Å². The van der Waals surface area contributed by atoms with Crippen molar-refractivity contribution in [2.24, 2.45) is 0 Å². The van der Waals surface area contributed by atoms with Crippen LogP contribution >= 0.6 is 0 Å². The predicted molar refractivity (Wildman–Crippen MR) is 49.0 cm³/mol. The highest BCUT2D eigenvalue weighted by molar-refractivity contribution is 5.97. The van der Waals surface area contributed by atoms with Crippen LogP contribution in [0.15, 0.2) is 12.1 Å². The van der Waals surface area contributed by atoms with Crippen LogP contribution in [-0.4, -0.2) is 19.6 Å². The van der Waals surface area contributed by atoms with Gasteiger partial charge < -0.3 is 10.1 Å². The van der Waals surface area contributed by atoms with Gasteiger partial charge in [-0.3, -0.25) is 4.79 Å². The molecular formula is C10H10FNO2. The fourth-order valence-electron chi connectivity index (χ4n) is 1.67. The van der Waals surface area contributed by atoms with Gasteiger partial charge in [0.25, 0.3) is 5.91 Å². The van der Waals surface area contributed by atoms with Gasteiger partial charge in [-0.15, -0.1) is 0 Å². The topological polar surface area (TPSA) is 38.3 Å². The molecule has 14 heavy (non-hydrogen) atoms. The van der Waals surface area contributed by atoms with Crippen molar-refractivity contribution in [1.82, 2.24) is 5.32 Å². The third kappa shape index (κ3) is 1.23. The van der Waals surface area contributed by atoms with E-state index in [4.69, 9.17) is 4.74 Å². The van der Waals surface area contributed by atoms with Crippen LogP contribution in [0.25, 0.3) is 0 Å². The molecular weight excluding hydrogens is 185 g/mol. The Bertz CT molecular complexity index is 390. The number of ether oxygens (including phenoxy) is 1. The molecule has 0 saturated heterocycles. The van der Waals surface area contributed by atoms with E-state index in [0.29, 0.717) is 24.3 Å². The Labute approximate surface area is 80.9 Å². The van der Waals surface area contributed by atoms with Gasteiger partial charge in [-0.05, 0) is 18.6 Å². The van der Waals surface area contributed by atoms with Crippen LogP contribution in [0.3, 0.4) is 0 Å². The molecule has 0 unspecified atom stereocenters. The van der Waals surface area contributed by atoms with E-state index in [-0.39, 0.29) is 11.5 Å². The van der Waals surface area contributed by atoms with E-state index in [0.717, 1.165) is 0 Å². The third-order valence-electron chi connectivity index (χ3n) is 2.33. The fourth-order valence-corrected chi connectivity index (χ4v) is 1.67. The highest BCUT2D eigenvalue weighted by Gasteiger charge is 2.23. The van der Waals surface area contributed by atoms with Crippen molar-refractivity contribution in [1.29, 1.82) is 0 Å². The van der Waals surface area contributed by atoms with Crippen LogP contribution in [0.5, 0.6) is 5.75 Å². The first-order valence-corrected chi connectivity index (χ1v) is 4.37. The molecule has 1 heterocycles. The lowest BCUT2D eigenvalue weighted by molar-refractivity contribution is 0.0940. The lowest BCUT2D eigenvalue weighted by Crippen LogP contribution is -2.33. The maximum Gasteiger partial charge on any atom is 0.254 e. The normalized spacial score (nSPS) is 14.6. The molecule has 0 aliphatic carbocycles. The Morgan fingerprint density at radius 3 is 3.00 bits per heavy atom. The van der Waals surface area contributed by atoms with Crippen LogP contribution in [-0.2, 0) is 6.42 Å². The molecule has 1 aromatic carbocycles. The number of nitrogens with one attached hydrogen (secondary N) is 1. The van der Waals surface area contributed by atoms with E-state index in [1.807, 2.05) is 0 Å². The lowest BCUT2D eigenvalue weighted by atomic mass is 9.99. The second-order valence-electron chi connectivity index (χ2n) is 3.11. The zero-order valence-electron chi connectivity index (χ0n) is 7.76. The Hall–Kier alpha value is -1.58. The van der Waals surface area contributed by atoms with Gasteiger partial charge >= 0.3 is 0 Å². The van der Waals surface area contributed by atoms with Gasteiger partial charge in [-0.2, -0.15) is 0 Å². The van der Waals surface area contributed by atoms with Crippen LogP contribution < -0.4 is 10.1 Å². The summed E-state index contributed by atoms with van der Waals surface area (Å²) < 4.78 is 18.4. The Morgan fingerprint density at radius 2 is 2.29 bits per heavy atom. The quantitative estimate of drug-likeness (QED) is 0.729. The summed E-state index contributed by atoms with van der Waals surface area (Å²) in [4.78, 5) is 11.4. The zero-order valence-corrected chi connectivity index (χ0v) is 7.76. The van der Waals surface area contributed by atoms with E-state index >= 15 is 0 Å². The number of benzene rings is 1. The smallest absolute Gasteiger partial charge is 0.254 e. The number of hydrogen-bond acceptors (Lipinski definition) is 2. The minimum atomic E-state index is -0.488. The highest BCUT2D eigenvalue weighted by Crippen LogP contribution is 2.27. The van der Waals surface area contributed by atoms with Gasteiger partial charge in [0.05, 0.1) is 12.7 Å². The Kier molecular flexibility index (Phi) is 2.11. The number of carbonyl (C=O) groups is 1. The van der Waals surface area contributed by atoms with E-state index in [9.17, 15) is 9.18 Å². The number of rotatable bonds is 1. The molecule has 74 valence electrons. The van der Waals surface area contributed by atoms with Crippen LogP contribution in [0.1, 0.15) is 15.9 Å². The van der Waals surface area contributed by atoms with Gasteiger partial charge in [0.1, 0.15) is 11.6 Å². The van der Waals surface area contributed by atoms with E-state index in [1.54, 1.807) is 6.07 Å². The fraction of sp³-hybridized carbons (Fsp3) is 0.300. The molecule has 0 spiro atoms. The molecule has 0 atom stereocenters. The molecule has 0 aromatic heterocycles. The van der Waals surface area contributed by atoms with Crippen molar-refractivity contribution in [3.8, 4) is 5.75 Å². The Balaban J connectivity index is 2.63. The number of fused-ring (bicyclic) bond motifs is 1.